The zero-order chi connectivity index (χ0) is 19.9. The van der Waals surface area contributed by atoms with Gasteiger partial charge in [-0.1, -0.05) is 0 Å². The molecule has 2 aliphatic rings. The Morgan fingerprint density at radius 3 is 2.71 bits per heavy atom. The lowest BCUT2D eigenvalue weighted by molar-refractivity contribution is -0.145. The maximum atomic E-state index is 13.0. The van der Waals surface area contributed by atoms with Gasteiger partial charge in [0, 0.05) is 31.6 Å². The Morgan fingerprint density at radius 1 is 1.29 bits per heavy atom. The van der Waals surface area contributed by atoms with E-state index in [9.17, 15) is 18.0 Å². The van der Waals surface area contributed by atoms with Crippen LogP contribution in [0.25, 0.3) is 0 Å². The molecule has 148 valence electrons. The molecule has 2 aromatic heterocycles. The number of ether oxygens (including phenoxy) is 1. The van der Waals surface area contributed by atoms with Crippen LogP contribution < -0.4 is 9.64 Å². The summed E-state index contributed by atoms with van der Waals surface area (Å²) in [7, 11) is 1.26. The number of fused-ring (bicyclic) bond motifs is 1. The quantitative estimate of drug-likeness (QED) is 0.794. The van der Waals surface area contributed by atoms with Crippen LogP contribution in [0, 0.1) is 5.92 Å². The summed E-state index contributed by atoms with van der Waals surface area (Å²) in [5.74, 6) is -1.28. The predicted molar refractivity (Wildman–Crippen MR) is 92.4 cm³/mol. The van der Waals surface area contributed by atoms with Crippen LogP contribution in [0.1, 0.15) is 23.5 Å². The van der Waals surface area contributed by atoms with E-state index in [1.165, 1.54) is 12.0 Å². The van der Waals surface area contributed by atoms with Crippen molar-refractivity contribution in [1.29, 1.82) is 0 Å². The highest BCUT2D eigenvalue weighted by Crippen LogP contribution is 2.34. The van der Waals surface area contributed by atoms with Crippen molar-refractivity contribution in [2.45, 2.75) is 25.7 Å². The van der Waals surface area contributed by atoms with Gasteiger partial charge < -0.3 is 14.5 Å². The van der Waals surface area contributed by atoms with Crippen molar-refractivity contribution in [2.24, 2.45) is 5.92 Å². The highest BCUT2D eigenvalue weighted by atomic mass is 19.4. The molecule has 0 spiro atoms. The maximum Gasteiger partial charge on any atom is 0.451 e. The Morgan fingerprint density at radius 2 is 2.07 bits per heavy atom. The molecule has 0 radical (unpaired) electrons. The minimum Gasteiger partial charge on any atom is -0.481 e. The molecule has 0 aliphatic carbocycles. The topological polar surface area (TPSA) is 71.5 Å². The largest absolute Gasteiger partial charge is 0.481 e. The SMILES string of the molecule is COc1nc(C(F)(F)F)nc2c1CN(C(=O)CC1CN(c3cccnc3)C1)C2. The Kier molecular flexibility index (Phi) is 4.56. The molecular formula is C18H18F3N5O2. The number of amides is 1. The molecular weight excluding hydrogens is 375 g/mol. The van der Waals surface area contributed by atoms with E-state index in [1.54, 1.807) is 12.4 Å². The van der Waals surface area contributed by atoms with Gasteiger partial charge in [-0.15, -0.1) is 0 Å². The molecule has 1 fully saturated rings. The monoisotopic (exact) mass is 393 g/mol. The smallest absolute Gasteiger partial charge is 0.451 e. The molecule has 0 atom stereocenters. The molecule has 2 aliphatic heterocycles. The summed E-state index contributed by atoms with van der Waals surface area (Å²) in [6.45, 7) is 1.70. The zero-order valence-corrected chi connectivity index (χ0v) is 15.1. The first-order chi connectivity index (χ1) is 13.3. The molecule has 1 saturated heterocycles. The number of halogens is 3. The standard InChI is InChI=1S/C18H18F3N5O2/c1-28-16-13-9-26(10-14(13)23-17(24-16)18(19,20)21)15(27)5-11-7-25(8-11)12-3-2-4-22-6-12/h2-4,6,11H,5,7-10H2,1H3. The molecule has 0 bridgehead atoms. The Hall–Kier alpha value is -2.91. The Bertz CT molecular complexity index is 885. The van der Waals surface area contributed by atoms with E-state index in [-0.39, 0.29) is 36.5 Å². The van der Waals surface area contributed by atoms with E-state index < -0.39 is 12.0 Å². The van der Waals surface area contributed by atoms with Gasteiger partial charge in [0.05, 0.1) is 43.3 Å². The van der Waals surface area contributed by atoms with E-state index in [0.29, 0.717) is 12.0 Å². The highest BCUT2D eigenvalue weighted by molar-refractivity contribution is 5.77. The van der Waals surface area contributed by atoms with Crippen molar-refractivity contribution in [3.8, 4) is 5.88 Å². The van der Waals surface area contributed by atoms with Crippen molar-refractivity contribution in [1.82, 2.24) is 19.9 Å². The minimum atomic E-state index is -4.67. The molecule has 28 heavy (non-hydrogen) atoms. The van der Waals surface area contributed by atoms with Crippen LogP contribution in [0.5, 0.6) is 5.88 Å². The van der Waals surface area contributed by atoms with Crippen molar-refractivity contribution in [2.75, 3.05) is 25.1 Å². The van der Waals surface area contributed by atoms with Crippen LogP contribution in [0.3, 0.4) is 0 Å². The van der Waals surface area contributed by atoms with Gasteiger partial charge in [-0.3, -0.25) is 9.78 Å². The Labute approximate surface area is 159 Å². The second-order valence-corrected chi connectivity index (χ2v) is 6.92. The Balaban J connectivity index is 1.39. The van der Waals surface area contributed by atoms with Gasteiger partial charge in [0.1, 0.15) is 0 Å². The fourth-order valence-electron chi connectivity index (χ4n) is 3.52. The number of pyridine rings is 1. The predicted octanol–water partition coefficient (Wildman–Crippen LogP) is 2.27. The third-order valence-corrected chi connectivity index (χ3v) is 4.98. The number of methoxy groups -OCH3 is 1. The summed E-state index contributed by atoms with van der Waals surface area (Å²) in [5.41, 5.74) is 1.65. The van der Waals surface area contributed by atoms with Crippen LogP contribution in [0.4, 0.5) is 18.9 Å². The van der Waals surface area contributed by atoms with Crippen LogP contribution in [-0.4, -0.2) is 46.0 Å². The fourth-order valence-corrected chi connectivity index (χ4v) is 3.52. The third-order valence-electron chi connectivity index (χ3n) is 4.98. The molecule has 10 heteroatoms. The molecule has 0 aromatic carbocycles. The van der Waals surface area contributed by atoms with E-state index in [4.69, 9.17) is 4.74 Å². The molecule has 0 N–H and O–H groups in total. The van der Waals surface area contributed by atoms with Crippen molar-refractivity contribution in [3.05, 3.63) is 41.6 Å². The van der Waals surface area contributed by atoms with Crippen LogP contribution in [0.2, 0.25) is 0 Å². The molecule has 0 unspecified atom stereocenters. The summed E-state index contributed by atoms with van der Waals surface area (Å²) in [4.78, 5) is 27.4. The number of aromatic nitrogens is 3. The van der Waals surface area contributed by atoms with Gasteiger partial charge in [0.2, 0.25) is 17.6 Å². The lowest BCUT2D eigenvalue weighted by Crippen LogP contribution is -2.48. The van der Waals surface area contributed by atoms with Gasteiger partial charge >= 0.3 is 6.18 Å². The number of carbonyl (C=O) groups excluding carboxylic acids is 1. The first kappa shape index (κ1) is 18.5. The summed E-state index contributed by atoms with van der Waals surface area (Å²) in [6, 6.07) is 3.82. The van der Waals surface area contributed by atoms with Gasteiger partial charge in [0.15, 0.2) is 0 Å². The lowest BCUT2D eigenvalue weighted by atomic mass is 9.95. The molecule has 2 aromatic rings. The molecule has 0 saturated carbocycles. The number of carbonyl (C=O) groups is 1. The second-order valence-electron chi connectivity index (χ2n) is 6.92. The maximum absolute atomic E-state index is 13.0. The number of hydrogen-bond acceptors (Lipinski definition) is 6. The number of anilines is 1. The van der Waals surface area contributed by atoms with E-state index >= 15 is 0 Å². The molecule has 1 amide bonds. The number of alkyl halides is 3. The van der Waals surface area contributed by atoms with Gasteiger partial charge in [0.25, 0.3) is 0 Å². The zero-order valence-electron chi connectivity index (χ0n) is 15.1. The first-order valence-corrected chi connectivity index (χ1v) is 8.79. The molecule has 4 heterocycles. The van der Waals surface area contributed by atoms with Gasteiger partial charge in [-0.2, -0.15) is 18.2 Å². The van der Waals surface area contributed by atoms with E-state index in [1.807, 2.05) is 12.1 Å². The summed E-state index contributed by atoms with van der Waals surface area (Å²) < 4.78 is 43.9. The number of hydrogen-bond donors (Lipinski definition) is 0. The normalized spacial score (nSPS) is 16.7. The summed E-state index contributed by atoms with van der Waals surface area (Å²) in [5, 5.41) is 0. The van der Waals surface area contributed by atoms with Crippen molar-refractivity contribution >= 4 is 11.6 Å². The van der Waals surface area contributed by atoms with Crippen LogP contribution in [-0.2, 0) is 24.1 Å². The summed E-state index contributed by atoms with van der Waals surface area (Å²) in [6.07, 6.45) is -0.844. The summed E-state index contributed by atoms with van der Waals surface area (Å²) >= 11 is 0. The van der Waals surface area contributed by atoms with Crippen LogP contribution in [0.15, 0.2) is 24.5 Å². The minimum absolute atomic E-state index is 0.0369. The van der Waals surface area contributed by atoms with Crippen LogP contribution >= 0.6 is 0 Å². The molecule has 4 rings (SSSR count). The second kappa shape index (κ2) is 6.92. The third kappa shape index (κ3) is 3.46. The number of nitrogens with zero attached hydrogens (tertiary/aromatic N) is 5. The average Bonchev–Trinajstić information content (AvgIpc) is 3.07. The number of rotatable bonds is 4. The highest BCUT2D eigenvalue weighted by Gasteiger charge is 2.39. The van der Waals surface area contributed by atoms with E-state index in [2.05, 4.69) is 19.9 Å². The van der Waals surface area contributed by atoms with Gasteiger partial charge in [-0.05, 0) is 12.1 Å². The van der Waals surface area contributed by atoms with Crippen molar-refractivity contribution in [3.63, 3.8) is 0 Å². The van der Waals surface area contributed by atoms with Gasteiger partial charge in [-0.25, -0.2) is 4.98 Å². The fraction of sp³-hybridized carbons (Fsp3) is 0.444. The molecule has 7 nitrogen and oxygen atoms in total. The van der Waals surface area contributed by atoms with E-state index in [0.717, 1.165) is 18.8 Å². The average molecular weight is 393 g/mol. The lowest BCUT2D eigenvalue weighted by Gasteiger charge is -2.41. The first-order valence-electron chi connectivity index (χ1n) is 8.79. The van der Waals surface area contributed by atoms with Crippen molar-refractivity contribution < 1.29 is 22.7 Å².